The fourth-order valence-electron chi connectivity index (χ4n) is 0.788. The van der Waals surface area contributed by atoms with Crippen LogP contribution in [0.15, 0.2) is 24.3 Å². The first-order valence-electron chi connectivity index (χ1n) is 3.15. The van der Waals surface area contributed by atoms with Crippen molar-refractivity contribution in [1.82, 2.24) is 0 Å². The lowest BCUT2D eigenvalue weighted by molar-refractivity contribution is 0.542. The Morgan fingerprint density at radius 2 is 1.85 bits per heavy atom. The van der Waals surface area contributed by atoms with E-state index >= 15 is 0 Å². The van der Waals surface area contributed by atoms with Crippen molar-refractivity contribution in [2.24, 2.45) is 5.84 Å². The van der Waals surface area contributed by atoms with Gasteiger partial charge in [-0.15, -0.1) is 12.4 Å². The normalized spacial score (nSPS) is 11.2. The second-order valence-electron chi connectivity index (χ2n) is 2.03. The van der Waals surface area contributed by atoms with Gasteiger partial charge in [0.25, 0.3) is 0 Å². The number of hydrogen-bond acceptors (Lipinski definition) is 4. The molecule has 0 aromatic heterocycles. The molecule has 0 spiro atoms. The van der Waals surface area contributed by atoms with Crippen LogP contribution >= 0.6 is 12.4 Å². The molecular formula is C6H9ClN3O2S-. The molecule has 0 saturated heterocycles. The molecule has 0 amide bonds. The van der Waals surface area contributed by atoms with E-state index in [-0.39, 0.29) is 12.4 Å². The van der Waals surface area contributed by atoms with Gasteiger partial charge in [-0.25, -0.2) is 0 Å². The number of halogens is 1. The van der Waals surface area contributed by atoms with Crippen LogP contribution in [0.2, 0.25) is 0 Å². The van der Waals surface area contributed by atoms with E-state index in [2.05, 4.69) is 10.1 Å². The maximum absolute atomic E-state index is 10.3. The minimum absolute atomic E-state index is 0. The van der Waals surface area contributed by atoms with Gasteiger partial charge in [0.2, 0.25) is 0 Å². The first-order valence-corrected chi connectivity index (χ1v) is 4.23. The summed E-state index contributed by atoms with van der Waals surface area (Å²) in [6.45, 7) is 0. The molecule has 0 aliphatic rings. The third-order valence-corrected chi connectivity index (χ3v) is 1.66. The molecule has 0 fully saturated rings. The summed E-state index contributed by atoms with van der Waals surface area (Å²) in [5.41, 5.74) is 3.32. The maximum Gasteiger partial charge on any atom is 0.0726 e. The summed E-state index contributed by atoms with van der Waals surface area (Å²) >= 11 is -2.32. The Hall–Kier alpha value is -0.820. The average Bonchev–Trinajstić information content (AvgIpc) is 2.04. The number of hydrogen-bond donors (Lipinski definition) is 3. The zero-order valence-electron chi connectivity index (χ0n) is 6.52. The Labute approximate surface area is 84.5 Å². The molecule has 0 bridgehead atoms. The third-order valence-electron chi connectivity index (χ3n) is 1.28. The Balaban J connectivity index is 0.00000144. The van der Waals surface area contributed by atoms with Crippen molar-refractivity contribution >= 4 is 35.0 Å². The van der Waals surface area contributed by atoms with Crippen molar-refractivity contribution in [1.29, 1.82) is 0 Å². The standard InChI is InChI=1S/C6H9N3O2S.ClH/c7-8-5-3-1-2-4-6(5)9-12(10)11;/h1-4,8-9H,7H2,(H,10,11);1H/p-1. The smallest absolute Gasteiger partial charge is 0.0726 e. The molecule has 1 aromatic rings. The van der Waals surface area contributed by atoms with Gasteiger partial charge in [0.05, 0.1) is 11.4 Å². The SMILES string of the molecule is Cl.NNc1ccccc1NS(=O)[O-]. The van der Waals surface area contributed by atoms with Crippen molar-refractivity contribution in [3.05, 3.63) is 24.3 Å². The molecule has 0 radical (unpaired) electrons. The number of hydrazine groups is 1. The number of nitrogens with two attached hydrogens (primary N) is 1. The van der Waals surface area contributed by atoms with Crippen LogP contribution in [0, 0.1) is 0 Å². The fourth-order valence-corrected chi connectivity index (χ4v) is 1.15. The summed E-state index contributed by atoms with van der Waals surface area (Å²) in [5, 5.41) is 0. The number of rotatable bonds is 3. The van der Waals surface area contributed by atoms with Gasteiger partial charge in [-0.05, 0) is 12.1 Å². The van der Waals surface area contributed by atoms with E-state index in [1.54, 1.807) is 24.3 Å². The summed E-state index contributed by atoms with van der Waals surface area (Å²) in [4.78, 5) is 0. The molecule has 5 nitrogen and oxygen atoms in total. The van der Waals surface area contributed by atoms with E-state index in [4.69, 9.17) is 5.84 Å². The van der Waals surface area contributed by atoms with Crippen molar-refractivity contribution in [3.8, 4) is 0 Å². The first-order chi connectivity index (χ1) is 5.74. The second kappa shape index (κ2) is 5.76. The third kappa shape index (κ3) is 3.60. The van der Waals surface area contributed by atoms with E-state index in [1.807, 2.05) is 0 Å². The number of nitrogen functional groups attached to an aromatic ring is 1. The highest BCUT2D eigenvalue weighted by Gasteiger charge is 1.96. The highest BCUT2D eigenvalue weighted by atomic mass is 35.5. The van der Waals surface area contributed by atoms with Gasteiger partial charge in [0.15, 0.2) is 0 Å². The average molecular weight is 223 g/mol. The topological polar surface area (TPSA) is 90.2 Å². The molecule has 1 unspecified atom stereocenters. The van der Waals surface area contributed by atoms with Crippen LogP contribution in [0.5, 0.6) is 0 Å². The number of nitrogens with one attached hydrogen (secondary N) is 2. The fraction of sp³-hybridized carbons (Fsp3) is 0. The van der Waals surface area contributed by atoms with E-state index in [1.165, 1.54) is 0 Å². The van der Waals surface area contributed by atoms with Gasteiger partial charge in [-0.1, -0.05) is 12.1 Å². The summed E-state index contributed by atoms with van der Waals surface area (Å²) in [7, 11) is 0. The predicted octanol–water partition coefficient (Wildman–Crippen LogP) is 0.600. The Bertz CT molecular complexity index is 297. The first kappa shape index (κ1) is 12.2. The lowest BCUT2D eigenvalue weighted by Gasteiger charge is -2.12. The van der Waals surface area contributed by atoms with E-state index in [0.29, 0.717) is 11.4 Å². The minimum atomic E-state index is -2.32. The quantitative estimate of drug-likeness (QED) is 0.397. The Kier molecular flexibility index (Phi) is 5.40. The van der Waals surface area contributed by atoms with E-state index in [9.17, 15) is 8.76 Å². The molecule has 0 heterocycles. The number of anilines is 2. The number of benzene rings is 1. The Morgan fingerprint density at radius 1 is 1.31 bits per heavy atom. The highest BCUT2D eigenvalue weighted by Crippen LogP contribution is 2.19. The zero-order valence-corrected chi connectivity index (χ0v) is 8.15. The van der Waals surface area contributed by atoms with Crippen LogP contribution < -0.4 is 16.0 Å². The molecule has 13 heavy (non-hydrogen) atoms. The molecule has 4 N–H and O–H groups in total. The lowest BCUT2D eigenvalue weighted by Crippen LogP contribution is -2.11. The van der Waals surface area contributed by atoms with Gasteiger partial charge in [0.1, 0.15) is 0 Å². The van der Waals surface area contributed by atoms with Crippen LogP contribution in [0.1, 0.15) is 0 Å². The molecule has 0 aliphatic heterocycles. The molecule has 0 saturated carbocycles. The molecule has 1 atom stereocenters. The van der Waals surface area contributed by atoms with Crippen molar-refractivity contribution in [3.63, 3.8) is 0 Å². The summed E-state index contributed by atoms with van der Waals surface area (Å²) < 4.78 is 22.7. The van der Waals surface area contributed by atoms with Crippen LogP contribution in [-0.4, -0.2) is 8.76 Å². The Morgan fingerprint density at radius 3 is 2.31 bits per heavy atom. The van der Waals surface area contributed by atoms with Gasteiger partial charge >= 0.3 is 0 Å². The molecule has 1 rings (SSSR count). The molecule has 74 valence electrons. The zero-order chi connectivity index (χ0) is 8.97. The van der Waals surface area contributed by atoms with Crippen molar-refractivity contribution in [2.45, 2.75) is 0 Å². The van der Waals surface area contributed by atoms with Crippen LogP contribution in [0.4, 0.5) is 11.4 Å². The van der Waals surface area contributed by atoms with Crippen LogP contribution in [0.3, 0.4) is 0 Å². The largest absolute Gasteiger partial charge is 0.755 e. The van der Waals surface area contributed by atoms with Gasteiger partial charge < -0.3 is 14.7 Å². The monoisotopic (exact) mass is 222 g/mol. The highest BCUT2D eigenvalue weighted by molar-refractivity contribution is 7.80. The van der Waals surface area contributed by atoms with Gasteiger partial charge in [-0.3, -0.25) is 10.1 Å². The molecule has 7 heteroatoms. The molecular weight excluding hydrogens is 214 g/mol. The van der Waals surface area contributed by atoms with Gasteiger partial charge in [-0.2, -0.15) is 0 Å². The van der Waals surface area contributed by atoms with Crippen molar-refractivity contribution in [2.75, 3.05) is 10.1 Å². The summed E-state index contributed by atoms with van der Waals surface area (Å²) in [5.74, 6) is 5.14. The number of para-hydroxylation sites is 2. The maximum atomic E-state index is 10.3. The van der Waals surface area contributed by atoms with Crippen LogP contribution in [-0.2, 0) is 11.3 Å². The second-order valence-corrected chi connectivity index (χ2v) is 2.70. The lowest BCUT2D eigenvalue weighted by atomic mass is 10.3. The summed E-state index contributed by atoms with van der Waals surface area (Å²) in [6.07, 6.45) is 0. The molecule has 1 aromatic carbocycles. The van der Waals surface area contributed by atoms with Crippen molar-refractivity contribution < 1.29 is 8.76 Å². The van der Waals surface area contributed by atoms with Crippen LogP contribution in [0.25, 0.3) is 0 Å². The van der Waals surface area contributed by atoms with Gasteiger partial charge in [0, 0.05) is 11.3 Å². The minimum Gasteiger partial charge on any atom is -0.755 e. The van der Waals surface area contributed by atoms with E-state index in [0.717, 1.165) is 0 Å². The molecule has 0 aliphatic carbocycles. The van der Waals surface area contributed by atoms with E-state index < -0.39 is 11.3 Å². The predicted molar refractivity (Wildman–Crippen MR) is 54.0 cm³/mol. The summed E-state index contributed by atoms with van der Waals surface area (Å²) in [6, 6.07) is 6.71.